The number of carboxylic acid groups (broad SMARTS) is 1. The molecule has 0 aliphatic heterocycles. The van der Waals surface area contributed by atoms with E-state index < -0.39 is 11.8 Å². The Labute approximate surface area is 170 Å². The summed E-state index contributed by atoms with van der Waals surface area (Å²) in [6.45, 7) is 7.08. The second kappa shape index (κ2) is 6.97. The Morgan fingerprint density at radius 1 is 0.964 bits per heavy atom. The van der Waals surface area contributed by atoms with E-state index in [0.717, 1.165) is 30.1 Å². The third-order valence-electron chi connectivity index (χ3n) is 10.3. The van der Waals surface area contributed by atoms with Crippen LogP contribution in [0.1, 0.15) is 91.4 Å². The Morgan fingerprint density at radius 2 is 1.68 bits per heavy atom. The zero-order valence-corrected chi connectivity index (χ0v) is 18.0. The summed E-state index contributed by atoms with van der Waals surface area (Å²) in [6.07, 6.45) is 13.3. The first-order chi connectivity index (χ1) is 13.1. The van der Waals surface area contributed by atoms with E-state index in [1.165, 1.54) is 57.8 Å². The first kappa shape index (κ1) is 20.7. The van der Waals surface area contributed by atoms with Crippen LogP contribution in [0.25, 0.3) is 0 Å². The summed E-state index contributed by atoms with van der Waals surface area (Å²) >= 11 is 0. The second-order valence-corrected chi connectivity index (χ2v) is 11.4. The van der Waals surface area contributed by atoms with Gasteiger partial charge in [-0.2, -0.15) is 0 Å². The summed E-state index contributed by atoms with van der Waals surface area (Å²) in [5.74, 6) is -0.356. The highest BCUT2D eigenvalue weighted by Gasteiger charge is 2.60. The molecule has 8 atom stereocenters. The molecule has 0 saturated heterocycles. The lowest BCUT2D eigenvalue weighted by Crippen LogP contribution is -2.53. The van der Waals surface area contributed by atoms with E-state index in [1.807, 2.05) is 6.92 Å². The van der Waals surface area contributed by atoms with Crippen LogP contribution < -0.4 is 0 Å². The number of hydrogen-bond donors (Lipinski definition) is 3. The molecule has 0 bridgehead atoms. The summed E-state index contributed by atoms with van der Waals surface area (Å²) in [6, 6.07) is 0. The minimum absolute atomic E-state index is 0.0132. The van der Waals surface area contributed by atoms with Crippen LogP contribution in [-0.2, 0) is 4.79 Å². The molecule has 0 radical (unpaired) electrons. The van der Waals surface area contributed by atoms with E-state index in [0.29, 0.717) is 11.3 Å². The van der Waals surface area contributed by atoms with Crippen molar-refractivity contribution < 1.29 is 20.1 Å². The number of rotatable bonds is 4. The van der Waals surface area contributed by atoms with Gasteiger partial charge in [0.15, 0.2) is 0 Å². The number of hydrogen-bond acceptors (Lipinski definition) is 3. The molecule has 160 valence electrons. The van der Waals surface area contributed by atoms with Crippen LogP contribution in [0.5, 0.6) is 0 Å². The summed E-state index contributed by atoms with van der Waals surface area (Å²) in [5, 5.41) is 28.9. The van der Waals surface area contributed by atoms with Gasteiger partial charge in [-0.3, -0.25) is 0 Å². The molecule has 4 fully saturated rings. The molecule has 4 aliphatic carbocycles. The van der Waals surface area contributed by atoms with Crippen LogP contribution in [0.15, 0.2) is 0 Å². The summed E-state index contributed by atoms with van der Waals surface area (Å²) in [4.78, 5) is 11.2. The van der Waals surface area contributed by atoms with Gasteiger partial charge in [-0.25, -0.2) is 4.79 Å². The van der Waals surface area contributed by atoms with Crippen molar-refractivity contribution in [1.82, 2.24) is 0 Å². The zero-order valence-electron chi connectivity index (χ0n) is 18.0. The van der Waals surface area contributed by atoms with Crippen molar-refractivity contribution in [3.05, 3.63) is 0 Å². The monoisotopic (exact) mass is 392 g/mol. The molecule has 1 unspecified atom stereocenters. The van der Waals surface area contributed by atoms with Gasteiger partial charge in [-0.1, -0.05) is 33.6 Å². The molecule has 0 aromatic rings. The summed E-state index contributed by atoms with van der Waals surface area (Å²) < 4.78 is 0. The van der Waals surface area contributed by atoms with Gasteiger partial charge in [-0.05, 0) is 97.7 Å². The smallest absolute Gasteiger partial charge is 0.364 e. The number of carboxylic acids is 1. The highest BCUT2D eigenvalue weighted by molar-refractivity contribution is 5.74. The van der Waals surface area contributed by atoms with Crippen LogP contribution in [0, 0.1) is 46.3 Å². The average molecular weight is 393 g/mol. The minimum atomic E-state index is -2.60. The van der Waals surface area contributed by atoms with Gasteiger partial charge >= 0.3 is 5.97 Å². The molecule has 0 amide bonds. The third kappa shape index (κ3) is 3.05. The number of carbonyl (C=O) groups is 1. The van der Waals surface area contributed by atoms with Crippen LogP contribution in [0.2, 0.25) is 0 Å². The lowest BCUT2D eigenvalue weighted by atomic mass is 9.44. The average Bonchev–Trinajstić information content (AvgIpc) is 2.98. The van der Waals surface area contributed by atoms with Gasteiger partial charge in [-0.15, -0.1) is 0 Å². The fraction of sp³-hybridized carbons (Fsp3) is 0.958. The zero-order chi connectivity index (χ0) is 20.3. The molecule has 4 saturated carbocycles. The predicted molar refractivity (Wildman–Crippen MR) is 108 cm³/mol. The standard InChI is InChI=1S/C24H40O4/c1-15(14-24(27,28)21(25)26)18-9-10-19-17-8-7-16-6-4-5-12-22(16,2)20(17)11-13-23(18,19)3/h15-20,27-28H,4-14H2,1-3H3,(H,25,26)/t15?,16-,17-,18+,19-,20-,22-,23+/m0/s1. The first-order valence-corrected chi connectivity index (χ1v) is 11.8. The van der Waals surface area contributed by atoms with Crippen molar-refractivity contribution in [2.75, 3.05) is 0 Å². The van der Waals surface area contributed by atoms with Crippen molar-refractivity contribution in [1.29, 1.82) is 0 Å². The molecule has 0 aromatic carbocycles. The molecule has 4 heteroatoms. The van der Waals surface area contributed by atoms with E-state index in [2.05, 4.69) is 13.8 Å². The number of fused-ring (bicyclic) bond motifs is 5. The van der Waals surface area contributed by atoms with Crippen LogP contribution in [-0.4, -0.2) is 27.1 Å². The Bertz CT molecular complexity index is 616. The fourth-order valence-electron chi connectivity index (χ4n) is 8.95. The fourth-order valence-corrected chi connectivity index (χ4v) is 8.95. The van der Waals surface area contributed by atoms with Gasteiger partial charge in [0.1, 0.15) is 0 Å². The minimum Gasteiger partial charge on any atom is -0.477 e. The Morgan fingerprint density at radius 3 is 2.39 bits per heavy atom. The second-order valence-electron chi connectivity index (χ2n) is 11.4. The SMILES string of the molecule is CC(CC(O)(O)C(=O)O)[C@H]1CC[C@H]2[C@@H]3CC[C@@H]4CCCC[C@]4(C)[C@H]3CC[C@]12C. The topological polar surface area (TPSA) is 77.8 Å². The number of aliphatic hydroxyl groups is 2. The van der Waals surface area contributed by atoms with E-state index in [9.17, 15) is 15.0 Å². The molecule has 3 N–H and O–H groups in total. The molecule has 4 rings (SSSR count). The van der Waals surface area contributed by atoms with Crippen molar-refractivity contribution >= 4 is 5.97 Å². The van der Waals surface area contributed by atoms with Gasteiger partial charge in [0.2, 0.25) is 0 Å². The Balaban J connectivity index is 1.53. The maximum absolute atomic E-state index is 11.2. The lowest BCUT2D eigenvalue weighted by molar-refractivity contribution is -0.211. The van der Waals surface area contributed by atoms with Crippen molar-refractivity contribution in [2.24, 2.45) is 46.3 Å². The summed E-state index contributed by atoms with van der Waals surface area (Å²) in [5.41, 5.74) is 0.772. The largest absolute Gasteiger partial charge is 0.477 e. The predicted octanol–water partition coefficient (Wildman–Crippen LogP) is 4.83. The van der Waals surface area contributed by atoms with Crippen molar-refractivity contribution in [2.45, 2.75) is 97.2 Å². The number of aliphatic carboxylic acids is 1. The molecule has 0 heterocycles. The van der Waals surface area contributed by atoms with Crippen LogP contribution in [0.4, 0.5) is 0 Å². The highest BCUT2D eigenvalue weighted by atomic mass is 16.5. The molecular weight excluding hydrogens is 352 g/mol. The van der Waals surface area contributed by atoms with Crippen molar-refractivity contribution in [3.63, 3.8) is 0 Å². The quantitative estimate of drug-likeness (QED) is 0.599. The van der Waals surface area contributed by atoms with Gasteiger partial charge in [0.25, 0.3) is 5.79 Å². The van der Waals surface area contributed by atoms with Gasteiger partial charge < -0.3 is 15.3 Å². The van der Waals surface area contributed by atoms with Gasteiger partial charge in [0, 0.05) is 6.42 Å². The molecule has 4 nitrogen and oxygen atoms in total. The maximum atomic E-state index is 11.2. The van der Waals surface area contributed by atoms with Crippen LogP contribution in [0.3, 0.4) is 0 Å². The van der Waals surface area contributed by atoms with Crippen molar-refractivity contribution in [3.8, 4) is 0 Å². The normalized spacial score (nSPS) is 47.0. The summed E-state index contributed by atoms with van der Waals surface area (Å²) in [7, 11) is 0. The molecule has 4 aliphatic rings. The molecule has 0 spiro atoms. The van der Waals surface area contributed by atoms with Gasteiger partial charge in [0.05, 0.1) is 0 Å². The van der Waals surface area contributed by atoms with E-state index >= 15 is 0 Å². The van der Waals surface area contributed by atoms with E-state index in [-0.39, 0.29) is 17.8 Å². The van der Waals surface area contributed by atoms with E-state index in [1.54, 1.807) is 0 Å². The van der Waals surface area contributed by atoms with E-state index in [4.69, 9.17) is 5.11 Å². The lowest BCUT2D eigenvalue weighted by Gasteiger charge is -2.61. The molecule has 28 heavy (non-hydrogen) atoms. The molecule has 0 aromatic heterocycles. The highest BCUT2D eigenvalue weighted by Crippen LogP contribution is 2.68. The first-order valence-electron chi connectivity index (χ1n) is 11.8. The molecular formula is C24H40O4. The Hall–Kier alpha value is -0.610. The van der Waals surface area contributed by atoms with Crippen LogP contribution >= 0.6 is 0 Å². The maximum Gasteiger partial charge on any atom is 0.364 e. The third-order valence-corrected chi connectivity index (χ3v) is 10.3. The Kier molecular flexibility index (Phi) is 5.14.